The molecule has 0 amide bonds. The number of hydrogen-bond donors (Lipinski definition) is 1. The number of hydrogen-bond acceptors (Lipinski definition) is 3. The van der Waals surface area contributed by atoms with E-state index in [1.807, 2.05) is 0 Å². The number of benzene rings is 1. The highest BCUT2D eigenvalue weighted by Gasteiger charge is 2.14. The molecule has 0 radical (unpaired) electrons. The van der Waals surface area contributed by atoms with Gasteiger partial charge in [0.2, 0.25) is 0 Å². The Kier molecular flexibility index (Phi) is 5.05. The van der Waals surface area contributed by atoms with Gasteiger partial charge in [-0.2, -0.15) is 0 Å². The van der Waals surface area contributed by atoms with Gasteiger partial charge in [-0.15, -0.1) is 0 Å². The lowest BCUT2D eigenvalue weighted by atomic mass is 10.1. The van der Waals surface area contributed by atoms with Crippen molar-refractivity contribution in [2.45, 2.75) is 32.3 Å². The lowest BCUT2D eigenvalue weighted by Crippen LogP contribution is -2.28. The quantitative estimate of drug-likeness (QED) is 0.634. The fourth-order valence-electron chi connectivity index (χ4n) is 2.23. The molecule has 1 aromatic carbocycles. The molecule has 1 unspecified atom stereocenters. The van der Waals surface area contributed by atoms with E-state index in [-0.39, 0.29) is 11.6 Å². The monoisotopic (exact) mass is 265 g/mol. The summed E-state index contributed by atoms with van der Waals surface area (Å²) in [6.07, 6.45) is 2.94. The van der Waals surface area contributed by atoms with Crippen molar-refractivity contribution in [3.8, 4) is 0 Å². The maximum absolute atomic E-state index is 13.1. The van der Waals surface area contributed by atoms with Crippen LogP contribution in [0.1, 0.15) is 35.2 Å². The number of nitrogens with one attached hydrogen (secondary N) is 1. The van der Waals surface area contributed by atoms with E-state index in [1.165, 1.54) is 6.07 Å². The number of carbonyl (C=O) groups excluding carboxylic acids is 1. The zero-order chi connectivity index (χ0) is 13.7. The normalized spacial score (nSPS) is 18.7. The molecule has 4 heteroatoms. The van der Waals surface area contributed by atoms with E-state index in [4.69, 9.17) is 4.74 Å². The average molecular weight is 265 g/mol. The summed E-state index contributed by atoms with van der Waals surface area (Å²) >= 11 is 0. The zero-order valence-electron chi connectivity index (χ0n) is 11.2. The van der Waals surface area contributed by atoms with Crippen molar-refractivity contribution in [3.63, 3.8) is 0 Å². The van der Waals surface area contributed by atoms with Crippen LogP contribution in [0.5, 0.6) is 0 Å². The first-order valence-electron chi connectivity index (χ1n) is 6.78. The minimum Gasteiger partial charge on any atom is -0.377 e. The van der Waals surface area contributed by atoms with Crippen LogP contribution in [-0.4, -0.2) is 31.6 Å². The number of ketones is 1. The predicted octanol–water partition coefficient (Wildman–Crippen LogP) is 2.48. The van der Waals surface area contributed by atoms with Crippen LogP contribution in [-0.2, 0) is 4.74 Å². The van der Waals surface area contributed by atoms with Crippen molar-refractivity contribution < 1.29 is 13.9 Å². The minimum atomic E-state index is -0.270. The summed E-state index contributed by atoms with van der Waals surface area (Å²) < 4.78 is 18.6. The van der Waals surface area contributed by atoms with Gasteiger partial charge in [-0.1, -0.05) is 0 Å². The first-order chi connectivity index (χ1) is 9.16. The van der Waals surface area contributed by atoms with Crippen LogP contribution in [0, 0.1) is 12.7 Å². The Morgan fingerprint density at radius 2 is 2.37 bits per heavy atom. The molecule has 3 nitrogen and oxygen atoms in total. The summed E-state index contributed by atoms with van der Waals surface area (Å²) in [5, 5.41) is 3.23. The van der Waals surface area contributed by atoms with Crippen molar-refractivity contribution in [1.29, 1.82) is 0 Å². The lowest BCUT2D eigenvalue weighted by Gasteiger charge is -2.10. The van der Waals surface area contributed by atoms with Crippen LogP contribution in [0.15, 0.2) is 18.2 Å². The van der Waals surface area contributed by atoms with Crippen LogP contribution in [0.4, 0.5) is 4.39 Å². The summed E-state index contributed by atoms with van der Waals surface area (Å²) in [5.74, 6) is -0.226. The fourth-order valence-corrected chi connectivity index (χ4v) is 2.23. The molecule has 0 aromatic heterocycles. The highest BCUT2D eigenvalue weighted by molar-refractivity contribution is 5.96. The van der Waals surface area contributed by atoms with Crippen LogP contribution in [0.3, 0.4) is 0 Å². The largest absolute Gasteiger partial charge is 0.377 e. The summed E-state index contributed by atoms with van der Waals surface area (Å²) in [4.78, 5) is 11.9. The van der Waals surface area contributed by atoms with Gasteiger partial charge in [0.15, 0.2) is 5.78 Å². The molecule has 1 atom stereocenters. The molecule has 19 heavy (non-hydrogen) atoms. The van der Waals surface area contributed by atoms with Crippen LogP contribution < -0.4 is 5.32 Å². The molecular formula is C15H20FNO2. The first-order valence-corrected chi connectivity index (χ1v) is 6.78. The van der Waals surface area contributed by atoms with Gasteiger partial charge < -0.3 is 10.1 Å². The minimum absolute atomic E-state index is 0.0444. The molecule has 1 aliphatic heterocycles. The first kappa shape index (κ1) is 14.2. The van der Waals surface area contributed by atoms with E-state index in [0.717, 1.165) is 26.0 Å². The van der Waals surface area contributed by atoms with E-state index in [2.05, 4.69) is 5.32 Å². The van der Waals surface area contributed by atoms with Crippen LogP contribution >= 0.6 is 0 Å². The summed E-state index contributed by atoms with van der Waals surface area (Å²) in [5.41, 5.74) is 1.09. The molecule has 1 fully saturated rings. The number of ether oxygens (including phenoxy) is 1. The third-order valence-corrected chi connectivity index (χ3v) is 3.40. The molecule has 1 heterocycles. The zero-order valence-corrected chi connectivity index (χ0v) is 11.2. The fraction of sp³-hybridized carbons (Fsp3) is 0.533. The molecule has 0 aliphatic carbocycles. The Labute approximate surface area is 113 Å². The molecule has 104 valence electrons. The second-order valence-corrected chi connectivity index (χ2v) is 4.98. The highest BCUT2D eigenvalue weighted by atomic mass is 19.1. The number of aryl methyl sites for hydroxylation is 1. The van der Waals surface area contributed by atoms with Crippen LogP contribution in [0.2, 0.25) is 0 Å². The molecule has 1 N–H and O–H groups in total. The average Bonchev–Trinajstić information content (AvgIpc) is 2.91. The van der Waals surface area contributed by atoms with Crippen molar-refractivity contribution >= 4 is 5.78 Å². The van der Waals surface area contributed by atoms with Gasteiger partial charge in [0.05, 0.1) is 6.10 Å². The predicted molar refractivity (Wildman–Crippen MR) is 71.9 cm³/mol. The molecule has 1 saturated heterocycles. The topological polar surface area (TPSA) is 38.3 Å². The molecule has 0 spiro atoms. The SMILES string of the molecule is Cc1cc(C(=O)CCNCC2CCCO2)ccc1F. The van der Waals surface area contributed by atoms with E-state index in [0.29, 0.717) is 30.2 Å². The van der Waals surface area contributed by atoms with E-state index < -0.39 is 0 Å². The third-order valence-electron chi connectivity index (χ3n) is 3.40. The van der Waals surface area contributed by atoms with Crippen molar-refractivity contribution in [1.82, 2.24) is 5.32 Å². The molecule has 2 rings (SSSR count). The second kappa shape index (κ2) is 6.78. The summed E-state index contributed by atoms with van der Waals surface area (Å²) in [6, 6.07) is 4.50. The molecular weight excluding hydrogens is 245 g/mol. The van der Waals surface area contributed by atoms with E-state index in [9.17, 15) is 9.18 Å². The Morgan fingerprint density at radius 3 is 3.05 bits per heavy atom. The Hall–Kier alpha value is -1.26. The standard InChI is InChI=1S/C15H20FNO2/c1-11-9-12(4-5-14(11)16)15(18)6-7-17-10-13-3-2-8-19-13/h4-5,9,13,17H,2-3,6-8,10H2,1H3. The van der Waals surface area contributed by atoms with Gasteiger partial charge in [0, 0.05) is 31.7 Å². The smallest absolute Gasteiger partial charge is 0.164 e. The molecule has 1 aliphatic rings. The Balaban J connectivity index is 1.72. The molecule has 0 bridgehead atoms. The van der Waals surface area contributed by atoms with Gasteiger partial charge in [-0.3, -0.25) is 4.79 Å². The van der Waals surface area contributed by atoms with Gasteiger partial charge in [-0.25, -0.2) is 4.39 Å². The second-order valence-electron chi connectivity index (χ2n) is 4.98. The number of Topliss-reactive ketones (excluding diaryl/α,β-unsaturated/α-hetero) is 1. The number of carbonyl (C=O) groups is 1. The van der Waals surface area contributed by atoms with Gasteiger partial charge in [-0.05, 0) is 43.5 Å². The number of rotatable bonds is 6. The Morgan fingerprint density at radius 1 is 1.53 bits per heavy atom. The lowest BCUT2D eigenvalue weighted by molar-refractivity contribution is 0.0968. The van der Waals surface area contributed by atoms with E-state index in [1.54, 1.807) is 19.1 Å². The van der Waals surface area contributed by atoms with Gasteiger partial charge >= 0.3 is 0 Å². The Bertz CT molecular complexity index is 442. The highest BCUT2D eigenvalue weighted by Crippen LogP contribution is 2.12. The third kappa shape index (κ3) is 4.11. The van der Waals surface area contributed by atoms with Gasteiger partial charge in [0.25, 0.3) is 0 Å². The van der Waals surface area contributed by atoms with Crippen LogP contribution in [0.25, 0.3) is 0 Å². The maximum Gasteiger partial charge on any atom is 0.164 e. The van der Waals surface area contributed by atoms with Crippen molar-refractivity contribution in [3.05, 3.63) is 35.1 Å². The molecule has 1 aromatic rings. The molecule has 0 saturated carbocycles. The summed E-state index contributed by atoms with van der Waals surface area (Å²) in [6.45, 7) is 3.95. The van der Waals surface area contributed by atoms with Crippen molar-refractivity contribution in [2.75, 3.05) is 19.7 Å². The summed E-state index contributed by atoms with van der Waals surface area (Å²) in [7, 11) is 0. The van der Waals surface area contributed by atoms with E-state index >= 15 is 0 Å². The maximum atomic E-state index is 13.1. The van der Waals surface area contributed by atoms with Crippen molar-refractivity contribution in [2.24, 2.45) is 0 Å². The number of halogens is 1. The van der Waals surface area contributed by atoms with Gasteiger partial charge in [0.1, 0.15) is 5.82 Å².